The number of pyridine rings is 1. The molecule has 6 heteroatoms. The van der Waals surface area contributed by atoms with Gasteiger partial charge in [0.15, 0.2) is 0 Å². The number of carbonyl (C=O) groups is 2. The van der Waals surface area contributed by atoms with Gasteiger partial charge in [-0.2, -0.15) is 0 Å². The standard InChI is InChI=1S/C22H27N3O3/c1-2-28-20-7-5-17(6-8-20)14-21(26)24-15-18-9-12-25(13-10-18)22(27)19-4-3-11-23-16-19/h3-8,11,16,18H,2,9-10,12-15H2,1H3,(H,24,26). The molecular weight excluding hydrogens is 354 g/mol. The van der Waals surface area contributed by atoms with Gasteiger partial charge in [-0.25, -0.2) is 0 Å². The highest BCUT2D eigenvalue weighted by Crippen LogP contribution is 2.18. The summed E-state index contributed by atoms with van der Waals surface area (Å²) in [5.74, 6) is 1.28. The molecule has 0 aliphatic carbocycles. The van der Waals surface area contributed by atoms with E-state index in [1.807, 2.05) is 36.1 Å². The predicted molar refractivity (Wildman–Crippen MR) is 107 cm³/mol. The van der Waals surface area contributed by atoms with Crippen molar-refractivity contribution in [2.24, 2.45) is 5.92 Å². The molecule has 2 amide bonds. The van der Waals surface area contributed by atoms with Gasteiger partial charge in [0.2, 0.25) is 5.91 Å². The first-order valence-electron chi connectivity index (χ1n) is 9.83. The third-order valence-corrected chi connectivity index (χ3v) is 5.00. The van der Waals surface area contributed by atoms with E-state index in [0.717, 1.165) is 24.2 Å². The van der Waals surface area contributed by atoms with E-state index >= 15 is 0 Å². The smallest absolute Gasteiger partial charge is 0.255 e. The number of piperidine rings is 1. The molecule has 3 rings (SSSR count). The van der Waals surface area contributed by atoms with Crippen molar-refractivity contribution in [1.82, 2.24) is 15.2 Å². The van der Waals surface area contributed by atoms with Crippen LogP contribution in [0.15, 0.2) is 48.8 Å². The lowest BCUT2D eigenvalue weighted by molar-refractivity contribution is -0.120. The summed E-state index contributed by atoms with van der Waals surface area (Å²) in [5.41, 5.74) is 1.60. The van der Waals surface area contributed by atoms with Crippen LogP contribution in [0, 0.1) is 5.92 Å². The van der Waals surface area contributed by atoms with Crippen LogP contribution >= 0.6 is 0 Å². The molecule has 1 aliphatic heterocycles. The molecular formula is C22H27N3O3. The van der Waals surface area contributed by atoms with Crippen LogP contribution in [0.2, 0.25) is 0 Å². The lowest BCUT2D eigenvalue weighted by atomic mass is 9.96. The fourth-order valence-electron chi connectivity index (χ4n) is 3.39. The van der Waals surface area contributed by atoms with Gasteiger partial charge in [-0.15, -0.1) is 0 Å². The largest absolute Gasteiger partial charge is 0.494 e. The molecule has 0 radical (unpaired) electrons. The van der Waals surface area contributed by atoms with E-state index in [9.17, 15) is 9.59 Å². The highest BCUT2D eigenvalue weighted by atomic mass is 16.5. The van der Waals surface area contributed by atoms with Crippen LogP contribution in [0.3, 0.4) is 0 Å². The Labute approximate surface area is 165 Å². The van der Waals surface area contributed by atoms with Crippen molar-refractivity contribution < 1.29 is 14.3 Å². The van der Waals surface area contributed by atoms with Crippen LogP contribution in [0.25, 0.3) is 0 Å². The molecule has 1 aromatic heterocycles. The second kappa shape index (κ2) is 9.88. The minimum Gasteiger partial charge on any atom is -0.494 e. The summed E-state index contributed by atoms with van der Waals surface area (Å²) < 4.78 is 5.41. The molecule has 6 nitrogen and oxygen atoms in total. The minimum atomic E-state index is 0.0259. The lowest BCUT2D eigenvalue weighted by Gasteiger charge is -2.32. The number of nitrogens with zero attached hydrogens (tertiary/aromatic N) is 2. The molecule has 2 aromatic rings. The van der Waals surface area contributed by atoms with Crippen molar-refractivity contribution in [3.63, 3.8) is 0 Å². The molecule has 2 heterocycles. The van der Waals surface area contributed by atoms with E-state index in [0.29, 0.717) is 44.1 Å². The summed E-state index contributed by atoms with van der Waals surface area (Å²) in [6.45, 7) is 4.66. The first kappa shape index (κ1) is 19.9. The van der Waals surface area contributed by atoms with Crippen LogP contribution < -0.4 is 10.1 Å². The maximum absolute atomic E-state index is 12.4. The third kappa shape index (κ3) is 5.55. The topological polar surface area (TPSA) is 71.5 Å². The Balaban J connectivity index is 1.39. The monoisotopic (exact) mass is 381 g/mol. The number of carbonyl (C=O) groups excluding carboxylic acids is 2. The average Bonchev–Trinajstić information content (AvgIpc) is 2.74. The van der Waals surface area contributed by atoms with E-state index in [-0.39, 0.29) is 11.8 Å². The molecule has 28 heavy (non-hydrogen) atoms. The molecule has 0 atom stereocenters. The van der Waals surface area contributed by atoms with Crippen molar-refractivity contribution >= 4 is 11.8 Å². The van der Waals surface area contributed by atoms with Crippen molar-refractivity contribution in [2.45, 2.75) is 26.2 Å². The Kier molecular flexibility index (Phi) is 7.00. The number of benzene rings is 1. The van der Waals surface area contributed by atoms with Gasteiger partial charge in [0, 0.05) is 32.0 Å². The van der Waals surface area contributed by atoms with Gasteiger partial charge in [0.1, 0.15) is 5.75 Å². The first-order chi connectivity index (χ1) is 13.7. The zero-order valence-electron chi connectivity index (χ0n) is 16.3. The first-order valence-corrected chi connectivity index (χ1v) is 9.83. The number of ether oxygens (including phenoxy) is 1. The number of likely N-dealkylation sites (tertiary alicyclic amines) is 1. The third-order valence-electron chi connectivity index (χ3n) is 5.00. The summed E-state index contributed by atoms with van der Waals surface area (Å²) in [4.78, 5) is 30.5. The van der Waals surface area contributed by atoms with Crippen LogP contribution in [-0.2, 0) is 11.2 Å². The molecule has 1 saturated heterocycles. The van der Waals surface area contributed by atoms with Crippen LogP contribution in [0.4, 0.5) is 0 Å². The van der Waals surface area contributed by atoms with Gasteiger partial charge in [0.05, 0.1) is 18.6 Å². The highest BCUT2D eigenvalue weighted by Gasteiger charge is 2.24. The Bertz CT molecular complexity index is 769. The van der Waals surface area contributed by atoms with E-state index in [4.69, 9.17) is 4.74 Å². The predicted octanol–water partition coefficient (Wildman–Crippen LogP) is 2.69. The van der Waals surface area contributed by atoms with Crippen molar-refractivity contribution in [3.05, 3.63) is 59.9 Å². The van der Waals surface area contributed by atoms with Crippen LogP contribution in [0.5, 0.6) is 5.75 Å². The minimum absolute atomic E-state index is 0.0259. The Morgan fingerprint density at radius 3 is 2.57 bits per heavy atom. The van der Waals surface area contributed by atoms with Gasteiger partial charge in [-0.3, -0.25) is 14.6 Å². The van der Waals surface area contributed by atoms with Crippen molar-refractivity contribution in [1.29, 1.82) is 0 Å². The average molecular weight is 381 g/mol. The van der Waals surface area contributed by atoms with Crippen molar-refractivity contribution in [2.75, 3.05) is 26.2 Å². The van der Waals surface area contributed by atoms with Gasteiger partial charge in [-0.05, 0) is 55.5 Å². The molecule has 0 unspecified atom stereocenters. The maximum atomic E-state index is 12.4. The number of aromatic nitrogens is 1. The summed E-state index contributed by atoms with van der Waals surface area (Å²) in [5, 5.41) is 3.03. The molecule has 1 aliphatic rings. The molecule has 1 N–H and O–H groups in total. The second-order valence-corrected chi connectivity index (χ2v) is 7.04. The Morgan fingerprint density at radius 2 is 1.93 bits per heavy atom. The quantitative estimate of drug-likeness (QED) is 0.800. The number of rotatable bonds is 7. The fraction of sp³-hybridized carbons (Fsp3) is 0.409. The van der Waals surface area contributed by atoms with Crippen LogP contribution in [0.1, 0.15) is 35.7 Å². The molecule has 148 valence electrons. The van der Waals surface area contributed by atoms with E-state index in [2.05, 4.69) is 10.3 Å². The zero-order valence-corrected chi connectivity index (χ0v) is 16.3. The number of amides is 2. The summed E-state index contributed by atoms with van der Waals surface area (Å²) in [7, 11) is 0. The van der Waals surface area contributed by atoms with Gasteiger partial charge >= 0.3 is 0 Å². The number of hydrogen-bond donors (Lipinski definition) is 1. The molecule has 1 aromatic carbocycles. The van der Waals surface area contributed by atoms with E-state index < -0.39 is 0 Å². The summed E-state index contributed by atoms with van der Waals surface area (Å²) in [6, 6.07) is 11.2. The Hall–Kier alpha value is -2.89. The number of nitrogens with one attached hydrogen (secondary N) is 1. The van der Waals surface area contributed by atoms with E-state index in [1.54, 1.807) is 24.5 Å². The lowest BCUT2D eigenvalue weighted by Crippen LogP contribution is -2.41. The normalized spacial score (nSPS) is 14.5. The summed E-state index contributed by atoms with van der Waals surface area (Å²) >= 11 is 0. The van der Waals surface area contributed by atoms with Gasteiger partial charge < -0.3 is 15.0 Å². The zero-order chi connectivity index (χ0) is 19.8. The Morgan fingerprint density at radius 1 is 1.18 bits per heavy atom. The van der Waals surface area contributed by atoms with Gasteiger partial charge in [0.25, 0.3) is 5.91 Å². The van der Waals surface area contributed by atoms with E-state index in [1.165, 1.54) is 0 Å². The number of hydrogen-bond acceptors (Lipinski definition) is 4. The van der Waals surface area contributed by atoms with Gasteiger partial charge in [-0.1, -0.05) is 12.1 Å². The fourth-order valence-corrected chi connectivity index (χ4v) is 3.39. The van der Waals surface area contributed by atoms with Crippen LogP contribution in [-0.4, -0.2) is 47.9 Å². The molecule has 0 spiro atoms. The molecule has 0 bridgehead atoms. The summed E-state index contributed by atoms with van der Waals surface area (Å²) in [6.07, 6.45) is 5.43. The SMILES string of the molecule is CCOc1ccc(CC(=O)NCC2CCN(C(=O)c3cccnc3)CC2)cc1. The molecule has 1 fully saturated rings. The molecule has 0 saturated carbocycles. The maximum Gasteiger partial charge on any atom is 0.255 e. The highest BCUT2D eigenvalue weighted by molar-refractivity contribution is 5.93. The van der Waals surface area contributed by atoms with Crippen molar-refractivity contribution in [3.8, 4) is 5.75 Å². The second-order valence-electron chi connectivity index (χ2n) is 7.04.